The van der Waals surface area contributed by atoms with Crippen LogP contribution < -0.4 is 10.6 Å². The fourth-order valence-electron chi connectivity index (χ4n) is 2.02. The van der Waals surface area contributed by atoms with Gasteiger partial charge in [0.15, 0.2) is 0 Å². The van der Waals surface area contributed by atoms with Gasteiger partial charge in [0.25, 0.3) is 0 Å². The number of benzene rings is 2. The number of alkyl halides is 3. The van der Waals surface area contributed by atoms with E-state index in [2.05, 4.69) is 20.8 Å². The van der Waals surface area contributed by atoms with Crippen molar-refractivity contribution in [3.05, 3.63) is 59.1 Å². The number of rotatable bonds is 3. The molecule has 0 spiro atoms. The Balaban J connectivity index is 1.67. The van der Waals surface area contributed by atoms with E-state index in [4.69, 9.17) is 16.0 Å². The minimum atomic E-state index is -4.51. The van der Waals surface area contributed by atoms with Crippen molar-refractivity contribution in [2.75, 3.05) is 10.6 Å². The van der Waals surface area contributed by atoms with Crippen molar-refractivity contribution >= 4 is 29.3 Å². The van der Waals surface area contributed by atoms with E-state index in [0.717, 1.165) is 12.1 Å². The minimum absolute atomic E-state index is 0.0326. The summed E-state index contributed by atoms with van der Waals surface area (Å²) in [5.74, 6) is 0.149. The Kier molecular flexibility index (Phi) is 4.81. The third-order valence-electron chi connectivity index (χ3n) is 3.18. The van der Waals surface area contributed by atoms with Gasteiger partial charge in [-0.2, -0.15) is 13.2 Å². The first-order valence-electron chi connectivity index (χ1n) is 7.16. The number of amides is 2. The van der Waals surface area contributed by atoms with E-state index in [0.29, 0.717) is 10.6 Å². The van der Waals surface area contributed by atoms with Gasteiger partial charge in [-0.15, -0.1) is 5.10 Å². The molecule has 0 aliphatic rings. The summed E-state index contributed by atoms with van der Waals surface area (Å²) >= 11 is 5.79. The lowest BCUT2D eigenvalue weighted by molar-refractivity contribution is -0.137. The van der Waals surface area contributed by atoms with Crippen LogP contribution in [0.1, 0.15) is 5.56 Å². The molecular formula is C16H10ClF3N4O2. The molecule has 0 bridgehead atoms. The van der Waals surface area contributed by atoms with Gasteiger partial charge in [-0.05, 0) is 42.5 Å². The molecule has 0 atom stereocenters. The second-order valence-electron chi connectivity index (χ2n) is 5.08. The van der Waals surface area contributed by atoms with E-state index in [1.807, 2.05) is 0 Å². The van der Waals surface area contributed by atoms with Gasteiger partial charge < -0.3 is 9.73 Å². The van der Waals surface area contributed by atoms with Gasteiger partial charge >= 0.3 is 18.2 Å². The first kappa shape index (κ1) is 17.7. The summed E-state index contributed by atoms with van der Waals surface area (Å²) in [5.41, 5.74) is -0.318. The van der Waals surface area contributed by atoms with Crippen molar-refractivity contribution in [3.8, 4) is 11.5 Å². The monoisotopic (exact) mass is 382 g/mol. The Morgan fingerprint density at radius 1 is 1.04 bits per heavy atom. The number of carbonyl (C=O) groups excluding carboxylic acids is 1. The standard InChI is InChI=1S/C16H10ClF3N4O2/c17-11-6-4-9(5-7-11)13-23-24-15(26-13)22-14(25)21-12-3-1-2-10(8-12)16(18,19)20/h1-8H,(H2,21,22,24,25). The quantitative estimate of drug-likeness (QED) is 0.664. The predicted octanol–water partition coefficient (Wildman–Crippen LogP) is 5.05. The molecule has 0 fully saturated rings. The summed E-state index contributed by atoms with van der Waals surface area (Å²) in [4.78, 5) is 11.9. The van der Waals surface area contributed by atoms with Crippen molar-refractivity contribution in [2.24, 2.45) is 0 Å². The van der Waals surface area contributed by atoms with Crippen molar-refractivity contribution < 1.29 is 22.4 Å². The topological polar surface area (TPSA) is 80.0 Å². The fraction of sp³-hybridized carbons (Fsp3) is 0.0625. The summed E-state index contributed by atoms with van der Waals surface area (Å²) in [5, 5.41) is 12.5. The molecular weight excluding hydrogens is 373 g/mol. The van der Waals surface area contributed by atoms with Crippen LogP contribution in [-0.4, -0.2) is 16.2 Å². The SMILES string of the molecule is O=C(Nc1cccc(C(F)(F)F)c1)Nc1nnc(-c2ccc(Cl)cc2)o1. The van der Waals surface area contributed by atoms with E-state index in [1.54, 1.807) is 24.3 Å². The van der Waals surface area contributed by atoms with Gasteiger partial charge in [0.05, 0.1) is 5.56 Å². The first-order chi connectivity index (χ1) is 12.3. The van der Waals surface area contributed by atoms with Crippen LogP contribution in [0.4, 0.5) is 29.7 Å². The molecule has 134 valence electrons. The van der Waals surface area contributed by atoms with Crippen LogP contribution in [0.25, 0.3) is 11.5 Å². The predicted molar refractivity (Wildman–Crippen MR) is 88.8 cm³/mol. The molecule has 2 N–H and O–H groups in total. The Labute approximate surface area is 150 Å². The number of anilines is 2. The Hall–Kier alpha value is -3.07. The normalized spacial score (nSPS) is 11.2. The Morgan fingerprint density at radius 2 is 1.77 bits per heavy atom. The molecule has 3 rings (SSSR count). The highest BCUT2D eigenvalue weighted by molar-refractivity contribution is 6.30. The summed E-state index contributed by atoms with van der Waals surface area (Å²) in [6.07, 6.45) is -4.51. The Bertz CT molecular complexity index is 926. The van der Waals surface area contributed by atoms with Crippen molar-refractivity contribution in [1.82, 2.24) is 10.2 Å². The molecule has 1 heterocycles. The van der Waals surface area contributed by atoms with Gasteiger partial charge in [0.2, 0.25) is 5.89 Å². The average Bonchev–Trinajstić information content (AvgIpc) is 3.03. The number of aromatic nitrogens is 2. The summed E-state index contributed by atoms with van der Waals surface area (Å²) in [7, 11) is 0. The van der Waals surface area contributed by atoms with Crippen LogP contribution in [0.3, 0.4) is 0 Å². The molecule has 26 heavy (non-hydrogen) atoms. The zero-order valence-electron chi connectivity index (χ0n) is 12.8. The van der Waals surface area contributed by atoms with Crippen molar-refractivity contribution in [1.29, 1.82) is 0 Å². The van der Waals surface area contributed by atoms with Crippen LogP contribution in [0.5, 0.6) is 0 Å². The number of nitrogens with zero attached hydrogens (tertiary/aromatic N) is 2. The highest BCUT2D eigenvalue weighted by Crippen LogP contribution is 2.30. The van der Waals surface area contributed by atoms with Gasteiger partial charge in [0.1, 0.15) is 0 Å². The molecule has 0 saturated heterocycles. The Morgan fingerprint density at radius 3 is 2.46 bits per heavy atom. The minimum Gasteiger partial charge on any atom is -0.403 e. The molecule has 1 aromatic heterocycles. The number of urea groups is 1. The van der Waals surface area contributed by atoms with Gasteiger partial charge in [-0.3, -0.25) is 5.32 Å². The zero-order chi connectivity index (χ0) is 18.7. The van der Waals surface area contributed by atoms with Crippen molar-refractivity contribution in [3.63, 3.8) is 0 Å². The highest BCUT2D eigenvalue weighted by Gasteiger charge is 2.30. The number of hydrogen-bond acceptors (Lipinski definition) is 4. The van der Waals surface area contributed by atoms with E-state index in [1.165, 1.54) is 12.1 Å². The second kappa shape index (κ2) is 7.04. The number of carbonyl (C=O) groups is 1. The van der Waals surface area contributed by atoms with Crippen molar-refractivity contribution in [2.45, 2.75) is 6.18 Å². The third-order valence-corrected chi connectivity index (χ3v) is 3.44. The molecule has 6 nitrogen and oxygen atoms in total. The highest BCUT2D eigenvalue weighted by atomic mass is 35.5. The fourth-order valence-corrected chi connectivity index (χ4v) is 2.14. The average molecular weight is 383 g/mol. The first-order valence-corrected chi connectivity index (χ1v) is 7.54. The number of halogens is 4. The molecule has 0 aliphatic heterocycles. The largest absolute Gasteiger partial charge is 0.416 e. The van der Waals surface area contributed by atoms with E-state index in [-0.39, 0.29) is 17.6 Å². The number of nitrogens with one attached hydrogen (secondary N) is 2. The molecule has 0 aliphatic carbocycles. The summed E-state index contributed by atoms with van der Waals surface area (Å²) in [6, 6.07) is 9.76. The van der Waals surface area contributed by atoms with E-state index >= 15 is 0 Å². The molecule has 0 unspecified atom stereocenters. The van der Waals surface area contributed by atoms with Gasteiger partial charge in [-0.25, -0.2) is 4.79 Å². The molecule has 0 radical (unpaired) electrons. The van der Waals surface area contributed by atoms with Crippen LogP contribution in [-0.2, 0) is 6.18 Å². The third kappa shape index (κ3) is 4.31. The zero-order valence-corrected chi connectivity index (χ0v) is 13.6. The van der Waals surface area contributed by atoms with Crippen LogP contribution in [0.2, 0.25) is 5.02 Å². The number of hydrogen-bond donors (Lipinski definition) is 2. The summed E-state index contributed by atoms with van der Waals surface area (Å²) in [6.45, 7) is 0. The van der Waals surface area contributed by atoms with Crippen LogP contribution >= 0.6 is 11.6 Å². The van der Waals surface area contributed by atoms with E-state index in [9.17, 15) is 18.0 Å². The molecule has 0 saturated carbocycles. The van der Waals surface area contributed by atoms with Crippen LogP contribution in [0.15, 0.2) is 52.9 Å². The second-order valence-corrected chi connectivity index (χ2v) is 5.51. The van der Waals surface area contributed by atoms with E-state index < -0.39 is 17.8 Å². The summed E-state index contributed by atoms with van der Waals surface area (Å²) < 4.78 is 43.3. The van der Waals surface area contributed by atoms with Gasteiger partial charge in [0, 0.05) is 16.3 Å². The smallest absolute Gasteiger partial charge is 0.403 e. The lowest BCUT2D eigenvalue weighted by atomic mass is 10.2. The lowest BCUT2D eigenvalue weighted by Crippen LogP contribution is -2.20. The maximum absolute atomic E-state index is 12.7. The maximum Gasteiger partial charge on any atom is 0.416 e. The molecule has 10 heteroatoms. The lowest BCUT2D eigenvalue weighted by Gasteiger charge is -2.09. The maximum atomic E-state index is 12.7. The van der Waals surface area contributed by atoms with Gasteiger partial charge in [-0.1, -0.05) is 22.8 Å². The molecule has 2 amide bonds. The molecule has 3 aromatic rings. The van der Waals surface area contributed by atoms with Crippen LogP contribution in [0, 0.1) is 0 Å². The molecule has 2 aromatic carbocycles.